The van der Waals surface area contributed by atoms with Crippen LogP contribution in [0.3, 0.4) is 0 Å². The lowest BCUT2D eigenvalue weighted by molar-refractivity contribution is -0.121. The average Bonchev–Trinajstić information content (AvgIpc) is 2.95. The SMILES string of the molecule is NCCCCCCC(=O)NCCCOCc1ccco1. The van der Waals surface area contributed by atoms with Crippen LogP contribution in [0.1, 0.15) is 44.3 Å². The molecule has 3 N–H and O–H groups in total. The van der Waals surface area contributed by atoms with E-state index in [4.69, 9.17) is 14.9 Å². The van der Waals surface area contributed by atoms with E-state index in [2.05, 4.69) is 5.32 Å². The molecule has 0 aliphatic carbocycles. The Bertz CT molecular complexity index is 339. The standard InChI is InChI=1S/C15H26N2O3/c16-9-4-2-1-3-8-15(18)17-10-6-11-19-13-14-7-5-12-20-14/h5,7,12H,1-4,6,8-11,13,16H2,(H,17,18). The molecule has 0 aliphatic heterocycles. The van der Waals surface area contributed by atoms with E-state index in [0.29, 0.717) is 26.2 Å². The van der Waals surface area contributed by atoms with Gasteiger partial charge >= 0.3 is 0 Å². The Morgan fingerprint density at radius 1 is 1.25 bits per heavy atom. The Hall–Kier alpha value is -1.33. The van der Waals surface area contributed by atoms with E-state index in [1.165, 1.54) is 0 Å². The zero-order chi connectivity index (χ0) is 14.5. The minimum absolute atomic E-state index is 0.129. The molecule has 0 bridgehead atoms. The fraction of sp³-hybridized carbons (Fsp3) is 0.667. The molecule has 0 unspecified atom stereocenters. The Kier molecular flexibility index (Phi) is 9.61. The number of carbonyl (C=O) groups excluding carboxylic acids is 1. The quantitative estimate of drug-likeness (QED) is 0.576. The first-order valence-electron chi connectivity index (χ1n) is 7.40. The molecule has 1 aromatic heterocycles. The number of unbranched alkanes of at least 4 members (excludes halogenated alkanes) is 3. The van der Waals surface area contributed by atoms with Crippen molar-refractivity contribution in [2.24, 2.45) is 5.73 Å². The highest BCUT2D eigenvalue weighted by atomic mass is 16.5. The molecule has 1 aromatic rings. The van der Waals surface area contributed by atoms with Crippen LogP contribution in [-0.2, 0) is 16.1 Å². The highest BCUT2D eigenvalue weighted by molar-refractivity contribution is 5.75. The molecule has 0 saturated carbocycles. The van der Waals surface area contributed by atoms with Crippen LogP contribution in [0.4, 0.5) is 0 Å². The summed E-state index contributed by atoms with van der Waals surface area (Å²) in [6, 6.07) is 3.72. The molecule has 1 rings (SSSR count). The molecule has 0 atom stereocenters. The van der Waals surface area contributed by atoms with Gasteiger partial charge in [0.1, 0.15) is 12.4 Å². The number of nitrogens with one attached hydrogen (secondary N) is 1. The summed E-state index contributed by atoms with van der Waals surface area (Å²) in [6.45, 7) is 2.52. The number of furan rings is 1. The Labute approximate surface area is 120 Å². The van der Waals surface area contributed by atoms with Crippen LogP contribution in [0.15, 0.2) is 22.8 Å². The number of amides is 1. The van der Waals surface area contributed by atoms with Gasteiger partial charge in [-0.25, -0.2) is 0 Å². The van der Waals surface area contributed by atoms with Crippen LogP contribution in [0.5, 0.6) is 0 Å². The fourth-order valence-corrected chi connectivity index (χ4v) is 1.84. The van der Waals surface area contributed by atoms with Gasteiger partial charge in [0.15, 0.2) is 0 Å². The molecular weight excluding hydrogens is 256 g/mol. The molecule has 20 heavy (non-hydrogen) atoms. The summed E-state index contributed by atoms with van der Waals surface area (Å²) < 4.78 is 10.6. The van der Waals surface area contributed by atoms with E-state index >= 15 is 0 Å². The second-order valence-corrected chi connectivity index (χ2v) is 4.79. The summed E-state index contributed by atoms with van der Waals surface area (Å²) in [5.74, 6) is 0.954. The van der Waals surface area contributed by atoms with Crippen molar-refractivity contribution < 1.29 is 13.9 Å². The third-order valence-corrected chi connectivity index (χ3v) is 2.97. The normalized spacial score (nSPS) is 10.7. The van der Waals surface area contributed by atoms with Crippen LogP contribution in [0, 0.1) is 0 Å². The molecular formula is C15H26N2O3. The van der Waals surface area contributed by atoms with E-state index < -0.39 is 0 Å². The lowest BCUT2D eigenvalue weighted by Crippen LogP contribution is -2.24. The third kappa shape index (κ3) is 8.72. The zero-order valence-electron chi connectivity index (χ0n) is 12.1. The topological polar surface area (TPSA) is 77.5 Å². The molecule has 0 fully saturated rings. The molecule has 5 nitrogen and oxygen atoms in total. The number of carbonyl (C=O) groups is 1. The van der Waals surface area contributed by atoms with Gasteiger partial charge in [-0.3, -0.25) is 4.79 Å². The van der Waals surface area contributed by atoms with Gasteiger partial charge in [0, 0.05) is 19.6 Å². The van der Waals surface area contributed by atoms with Crippen molar-refractivity contribution in [3.8, 4) is 0 Å². The van der Waals surface area contributed by atoms with Crippen molar-refractivity contribution in [1.29, 1.82) is 0 Å². The van der Waals surface area contributed by atoms with Crippen LogP contribution >= 0.6 is 0 Å². The maximum atomic E-state index is 11.5. The van der Waals surface area contributed by atoms with Crippen molar-refractivity contribution >= 4 is 5.91 Å². The third-order valence-electron chi connectivity index (χ3n) is 2.97. The second kappa shape index (κ2) is 11.5. The average molecular weight is 282 g/mol. The van der Waals surface area contributed by atoms with E-state index in [9.17, 15) is 4.79 Å². The van der Waals surface area contributed by atoms with Gasteiger partial charge in [-0.1, -0.05) is 12.8 Å². The Balaban J connectivity index is 1.84. The molecule has 114 valence electrons. The number of rotatable bonds is 12. The number of hydrogen-bond donors (Lipinski definition) is 2. The largest absolute Gasteiger partial charge is 0.467 e. The molecule has 1 amide bonds. The van der Waals surface area contributed by atoms with Gasteiger partial charge in [-0.2, -0.15) is 0 Å². The minimum atomic E-state index is 0.129. The smallest absolute Gasteiger partial charge is 0.219 e. The maximum Gasteiger partial charge on any atom is 0.219 e. The highest BCUT2D eigenvalue weighted by Gasteiger charge is 2.00. The predicted octanol–water partition coefficient (Wildman–Crippen LogP) is 2.21. The summed E-state index contributed by atoms with van der Waals surface area (Å²) in [4.78, 5) is 11.5. The maximum absolute atomic E-state index is 11.5. The van der Waals surface area contributed by atoms with E-state index in [1.54, 1.807) is 6.26 Å². The number of nitrogens with two attached hydrogens (primary N) is 1. The molecule has 0 saturated heterocycles. The van der Waals surface area contributed by atoms with Gasteiger partial charge in [-0.15, -0.1) is 0 Å². The second-order valence-electron chi connectivity index (χ2n) is 4.79. The number of hydrogen-bond acceptors (Lipinski definition) is 4. The van der Waals surface area contributed by atoms with Gasteiger partial charge in [0.2, 0.25) is 5.91 Å². The molecule has 0 aliphatic rings. The summed E-state index contributed by atoms with van der Waals surface area (Å²) in [5, 5.41) is 2.90. The minimum Gasteiger partial charge on any atom is -0.467 e. The van der Waals surface area contributed by atoms with Crippen LogP contribution < -0.4 is 11.1 Å². The predicted molar refractivity (Wildman–Crippen MR) is 78.1 cm³/mol. The molecule has 0 aromatic carbocycles. The van der Waals surface area contributed by atoms with E-state index in [1.807, 2.05) is 12.1 Å². The number of ether oxygens (including phenoxy) is 1. The van der Waals surface area contributed by atoms with Crippen molar-refractivity contribution in [2.75, 3.05) is 19.7 Å². The van der Waals surface area contributed by atoms with Crippen molar-refractivity contribution in [1.82, 2.24) is 5.32 Å². The molecule has 0 spiro atoms. The summed E-state index contributed by atoms with van der Waals surface area (Å²) in [7, 11) is 0. The van der Waals surface area contributed by atoms with Gasteiger partial charge in [0.05, 0.1) is 6.26 Å². The summed E-state index contributed by atoms with van der Waals surface area (Å²) >= 11 is 0. The van der Waals surface area contributed by atoms with Crippen molar-refractivity contribution in [3.05, 3.63) is 24.2 Å². The summed E-state index contributed by atoms with van der Waals surface area (Å²) in [5.41, 5.74) is 5.41. The van der Waals surface area contributed by atoms with E-state index in [0.717, 1.165) is 44.4 Å². The first-order chi connectivity index (χ1) is 9.83. The zero-order valence-corrected chi connectivity index (χ0v) is 12.1. The summed E-state index contributed by atoms with van der Waals surface area (Å²) in [6.07, 6.45) is 7.25. The van der Waals surface area contributed by atoms with Crippen LogP contribution in [0.2, 0.25) is 0 Å². The Morgan fingerprint density at radius 3 is 2.85 bits per heavy atom. The van der Waals surface area contributed by atoms with Crippen molar-refractivity contribution in [3.63, 3.8) is 0 Å². The van der Waals surface area contributed by atoms with Crippen LogP contribution in [-0.4, -0.2) is 25.6 Å². The monoisotopic (exact) mass is 282 g/mol. The molecule has 5 heteroatoms. The Morgan fingerprint density at radius 2 is 2.10 bits per heavy atom. The first-order valence-corrected chi connectivity index (χ1v) is 7.40. The first kappa shape index (κ1) is 16.7. The lowest BCUT2D eigenvalue weighted by Gasteiger charge is -2.05. The molecule has 1 heterocycles. The van der Waals surface area contributed by atoms with Crippen molar-refractivity contribution in [2.45, 2.75) is 45.1 Å². The lowest BCUT2D eigenvalue weighted by atomic mass is 10.1. The molecule has 0 radical (unpaired) electrons. The van der Waals surface area contributed by atoms with Gasteiger partial charge in [0.25, 0.3) is 0 Å². The van der Waals surface area contributed by atoms with Gasteiger partial charge < -0.3 is 20.2 Å². The fourth-order valence-electron chi connectivity index (χ4n) is 1.84. The highest BCUT2D eigenvalue weighted by Crippen LogP contribution is 2.03. The van der Waals surface area contributed by atoms with Crippen LogP contribution in [0.25, 0.3) is 0 Å². The van der Waals surface area contributed by atoms with Gasteiger partial charge in [-0.05, 0) is 37.9 Å². The van der Waals surface area contributed by atoms with E-state index in [-0.39, 0.29) is 5.91 Å².